The minimum atomic E-state index is -3.01. The van der Waals surface area contributed by atoms with Gasteiger partial charge >= 0.3 is 0 Å². The van der Waals surface area contributed by atoms with Gasteiger partial charge in [-0.05, 0) is 19.1 Å². The van der Waals surface area contributed by atoms with Gasteiger partial charge in [-0.1, -0.05) is 0 Å². The van der Waals surface area contributed by atoms with E-state index < -0.39 is 9.84 Å². The molecule has 1 heterocycles. The van der Waals surface area contributed by atoms with Crippen LogP contribution in [0.3, 0.4) is 0 Å². The van der Waals surface area contributed by atoms with Gasteiger partial charge < -0.3 is 10.2 Å². The predicted molar refractivity (Wildman–Crippen MR) is 55.0 cm³/mol. The fourth-order valence-corrected chi connectivity index (χ4v) is 2.34. The molecular formula is C9H15NO3S. The highest BCUT2D eigenvalue weighted by Gasteiger charge is 2.18. The first-order valence-corrected chi connectivity index (χ1v) is 6.42. The minimum Gasteiger partial charge on any atom is -0.466 e. The van der Waals surface area contributed by atoms with Crippen LogP contribution in [-0.2, 0) is 9.84 Å². The first-order chi connectivity index (χ1) is 6.42. The van der Waals surface area contributed by atoms with Crippen molar-refractivity contribution < 1.29 is 12.8 Å². The summed E-state index contributed by atoms with van der Waals surface area (Å²) in [4.78, 5) is 0. The molecule has 0 fully saturated rings. The SMILES string of the molecule is Cc1ccc(C(CN)CS(C)(=O)=O)o1. The number of sulfone groups is 1. The van der Waals surface area contributed by atoms with E-state index in [4.69, 9.17) is 10.2 Å². The van der Waals surface area contributed by atoms with Gasteiger partial charge in [0, 0.05) is 18.7 Å². The van der Waals surface area contributed by atoms with Crippen LogP contribution in [0.15, 0.2) is 16.5 Å². The highest BCUT2D eigenvalue weighted by molar-refractivity contribution is 7.90. The fourth-order valence-electron chi connectivity index (χ4n) is 1.30. The van der Waals surface area contributed by atoms with Gasteiger partial charge in [-0.15, -0.1) is 0 Å². The molecule has 0 aliphatic carbocycles. The molecule has 0 spiro atoms. The van der Waals surface area contributed by atoms with E-state index in [0.29, 0.717) is 5.76 Å². The molecule has 0 radical (unpaired) electrons. The summed E-state index contributed by atoms with van der Waals surface area (Å²) in [5, 5.41) is 0. The highest BCUT2D eigenvalue weighted by atomic mass is 32.2. The molecule has 0 bridgehead atoms. The van der Waals surface area contributed by atoms with Gasteiger partial charge in [-0.2, -0.15) is 0 Å². The van der Waals surface area contributed by atoms with Gasteiger partial charge in [0.15, 0.2) is 0 Å². The van der Waals surface area contributed by atoms with Crippen LogP contribution in [-0.4, -0.2) is 27.0 Å². The molecule has 1 atom stereocenters. The molecule has 4 nitrogen and oxygen atoms in total. The van der Waals surface area contributed by atoms with E-state index in [9.17, 15) is 8.42 Å². The van der Waals surface area contributed by atoms with Crippen molar-refractivity contribution in [1.29, 1.82) is 0 Å². The number of rotatable bonds is 4. The first-order valence-electron chi connectivity index (χ1n) is 4.36. The second-order valence-corrected chi connectivity index (χ2v) is 5.66. The number of aryl methyl sites for hydroxylation is 1. The van der Waals surface area contributed by atoms with Crippen LogP contribution >= 0.6 is 0 Å². The standard InChI is InChI=1S/C9H15NO3S/c1-7-3-4-9(13-7)8(5-10)6-14(2,11)12/h3-4,8H,5-6,10H2,1-2H3. The Morgan fingerprint density at radius 2 is 2.14 bits per heavy atom. The number of hydrogen-bond acceptors (Lipinski definition) is 4. The number of nitrogens with two attached hydrogens (primary N) is 1. The summed E-state index contributed by atoms with van der Waals surface area (Å²) in [6.07, 6.45) is 1.20. The Hall–Kier alpha value is -0.810. The van der Waals surface area contributed by atoms with Gasteiger partial charge in [-0.25, -0.2) is 8.42 Å². The smallest absolute Gasteiger partial charge is 0.148 e. The number of furan rings is 1. The van der Waals surface area contributed by atoms with E-state index in [1.165, 1.54) is 6.26 Å². The molecule has 0 aromatic carbocycles. The second-order valence-electron chi connectivity index (χ2n) is 3.47. The van der Waals surface area contributed by atoms with E-state index >= 15 is 0 Å². The third kappa shape index (κ3) is 3.16. The minimum absolute atomic E-state index is 0.0381. The van der Waals surface area contributed by atoms with Crippen LogP contribution < -0.4 is 5.73 Å². The van der Waals surface area contributed by atoms with Gasteiger partial charge in [-0.3, -0.25) is 0 Å². The first kappa shape index (κ1) is 11.3. The van der Waals surface area contributed by atoms with Gasteiger partial charge in [0.05, 0.1) is 5.75 Å². The van der Waals surface area contributed by atoms with Crippen LogP contribution in [0.5, 0.6) is 0 Å². The van der Waals surface area contributed by atoms with E-state index in [1.54, 1.807) is 12.1 Å². The van der Waals surface area contributed by atoms with Crippen LogP contribution in [0.1, 0.15) is 17.4 Å². The zero-order chi connectivity index (χ0) is 10.8. The summed E-state index contributed by atoms with van der Waals surface area (Å²) in [5.74, 6) is 1.22. The van der Waals surface area contributed by atoms with Crippen molar-refractivity contribution >= 4 is 9.84 Å². The van der Waals surface area contributed by atoms with E-state index in [-0.39, 0.29) is 18.2 Å². The molecule has 14 heavy (non-hydrogen) atoms. The van der Waals surface area contributed by atoms with E-state index in [0.717, 1.165) is 5.76 Å². The van der Waals surface area contributed by atoms with Gasteiger partial charge in [0.1, 0.15) is 21.4 Å². The van der Waals surface area contributed by atoms with Crippen molar-refractivity contribution in [2.45, 2.75) is 12.8 Å². The second kappa shape index (κ2) is 4.14. The zero-order valence-electron chi connectivity index (χ0n) is 8.36. The fraction of sp³-hybridized carbons (Fsp3) is 0.556. The average molecular weight is 217 g/mol. The van der Waals surface area contributed by atoms with Crippen molar-refractivity contribution in [3.8, 4) is 0 Å². The largest absolute Gasteiger partial charge is 0.466 e. The lowest BCUT2D eigenvalue weighted by molar-refractivity contribution is 0.454. The molecule has 1 aromatic rings. The third-order valence-corrected chi connectivity index (χ3v) is 2.96. The molecule has 2 N–H and O–H groups in total. The van der Waals surface area contributed by atoms with Crippen molar-refractivity contribution in [2.24, 2.45) is 5.73 Å². The lowest BCUT2D eigenvalue weighted by Crippen LogP contribution is -2.20. The van der Waals surface area contributed by atoms with Crippen molar-refractivity contribution in [3.63, 3.8) is 0 Å². The topological polar surface area (TPSA) is 73.3 Å². The van der Waals surface area contributed by atoms with Crippen LogP contribution in [0.4, 0.5) is 0 Å². The summed E-state index contributed by atoms with van der Waals surface area (Å²) in [6.45, 7) is 2.09. The van der Waals surface area contributed by atoms with Crippen molar-refractivity contribution in [1.82, 2.24) is 0 Å². The molecule has 0 aliphatic heterocycles. The van der Waals surface area contributed by atoms with Crippen molar-refractivity contribution in [2.75, 3.05) is 18.6 Å². The maximum atomic E-state index is 11.1. The summed E-state index contributed by atoms with van der Waals surface area (Å²) < 4.78 is 27.5. The number of hydrogen-bond donors (Lipinski definition) is 1. The Morgan fingerprint density at radius 3 is 2.50 bits per heavy atom. The molecule has 1 unspecified atom stereocenters. The van der Waals surface area contributed by atoms with Crippen molar-refractivity contribution in [3.05, 3.63) is 23.7 Å². The lowest BCUT2D eigenvalue weighted by Gasteiger charge is -2.09. The Bertz CT molecular complexity index is 394. The molecule has 0 amide bonds. The quantitative estimate of drug-likeness (QED) is 0.804. The molecule has 80 valence electrons. The third-order valence-electron chi connectivity index (χ3n) is 1.95. The Morgan fingerprint density at radius 1 is 1.50 bits per heavy atom. The Kier molecular flexibility index (Phi) is 3.34. The summed E-state index contributed by atoms with van der Waals surface area (Å²) in [6, 6.07) is 3.58. The average Bonchev–Trinajstić information content (AvgIpc) is 2.46. The predicted octanol–water partition coefficient (Wildman–Crippen LogP) is 0.675. The monoisotopic (exact) mass is 217 g/mol. The molecule has 0 saturated carbocycles. The summed E-state index contributed by atoms with van der Waals surface area (Å²) >= 11 is 0. The molecule has 5 heteroatoms. The Labute approximate surface area is 84.0 Å². The van der Waals surface area contributed by atoms with E-state index in [2.05, 4.69) is 0 Å². The Balaban J connectivity index is 2.83. The summed E-state index contributed by atoms with van der Waals surface area (Å²) in [7, 11) is -3.01. The normalized spacial score (nSPS) is 14.2. The van der Waals surface area contributed by atoms with Crippen LogP contribution in [0, 0.1) is 6.92 Å². The lowest BCUT2D eigenvalue weighted by atomic mass is 10.1. The zero-order valence-corrected chi connectivity index (χ0v) is 9.17. The van der Waals surface area contributed by atoms with Crippen LogP contribution in [0.2, 0.25) is 0 Å². The van der Waals surface area contributed by atoms with Gasteiger partial charge in [0.25, 0.3) is 0 Å². The molecular weight excluding hydrogens is 202 g/mol. The highest BCUT2D eigenvalue weighted by Crippen LogP contribution is 2.19. The molecule has 1 aromatic heterocycles. The molecule has 1 rings (SSSR count). The molecule has 0 saturated heterocycles. The van der Waals surface area contributed by atoms with Gasteiger partial charge in [0.2, 0.25) is 0 Å². The maximum Gasteiger partial charge on any atom is 0.148 e. The van der Waals surface area contributed by atoms with Crippen LogP contribution in [0.25, 0.3) is 0 Å². The molecule has 0 aliphatic rings. The van der Waals surface area contributed by atoms with E-state index in [1.807, 2.05) is 6.92 Å². The summed E-state index contributed by atoms with van der Waals surface area (Å²) in [5.41, 5.74) is 5.50. The maximum absolute atomic E-state index is 11.1.